The van der Waals surface area contributed by atoms with Crippen LogP contribution in [0.3, 0.4) is 0 Å². The molecule has 22 heavy (non-hydrogen) atoms. The number of hydrogen-bond acceptors (Lipinski definition) is 3. The third kappa shape index (κ3) is 4.56. The Morgan fingerprint density at radius 3 is 2.41 bits per heavy atom. The van der Waals surface area contributed by atoms with E-state index in [1.807, 2.05) is 26.8 Å². The molecule has 0 aliphatic carbocycles. The van der Waals surface area contributed by atoms with Gasteiger partial charge in [0.1, 0.15) is 12.0 Å². The van der Waals surface area contributed by atoms with Crippen LogP contribution in [-0.2, 0) is 19.7 Å². The van der Waals surface area contributed by atoms with E-state index in [0.29, 0.717) is 12.0 Å². The highest BCUT2D eigenvalue weighted by atomic mass is 16.5. The molecule has 0 aliphatic rings. The summed E-state index contributed by atoms with van der Waals surface area (Å²) in [4.78, 5) is 23.6. The van der Waals surface area contributed by atoms with Crippen LogP contribution in [0.1, 0.15) is 39.2 Å². The van der Waals surface area contributed by atoms with Gasteiger partial charge in [0.2, 0.25) is 5.91 Å². The van der Waals surface area contributed by atoms with Crippen molar-refractivity contribution in [2.75, 3.05) is 13.2 Å². The zero-order valence-electron chi connectivity index (χ0n) is 13.5. The van der Waals surface area contributed by atoms with Crippen molar-refractivity contribution in [1.82, 2.24) is 5.32 Å². The molecule has 0 radical (unpaired) electrons. The van der Waals surface area contributed by atoms with Crippen molar-refractivity contribution in [3.63, 3.8) is 0 Å². The number of hydrogen-bond donors (Lipinski definition) is 2. The zero-order chi connectivity index (χ0) is 16.6. The monoisotopic (exact) mass is 307 g/mol. The lowest BCUT2D eigenvalue weighted by molar-refractivity contribution is -0.144. The zero-order valence-corrected chi connectivity index (χ0v) is 13.5. The van der Waals surface area contributed by atoms with Crippen LogP contribution in [0.4, 0.5) is 0 Å². The summed E-state index contributed by atoms with van der Waals surface area (Å²) in [6.45, 7) is 5.67. The smallest absolute Gasteiger partial charge is 0.315 e. The molecule has 5 nitrogen and oxygen atoms in total. The summed E-state index contributed by atoms with van der Waals surface area (Å²) in [6, 6.07) is 9.00. The molecule has 0 spiro atoms. The normalized spacial score (nSPS) is 14.9. The summed E-state index contributed by atoms with van der Waals surface area (Å²) in [7, 11) is 0. The minimum absolute atomic E-state index is 0.00952. The van der Waals surface area contributed by atoms with E-state index in [-0.39, 0.29) is 25.2 Å². The van der Waals surface area contributed by atoms with Crippen LogP contribution < -0.4 is 5.32 Å². The van der Waals surface area contributed by atoms with Gasteiger partial charge in [0.25, 0.3) is 0 Å². The first-order chi connectivity index (χ1) is 10.5. The Morgan fingerprint density at radius 1 is 1.27 bits per heavy atom. The number of carbonyl (C=O) groups is 2. The highest BCUT2D eigenvalue weighted by Crippen LogP contribution is 2.27. The second-order valence-electron chi connectivity index (χ2n) is 5.41. The van der Waals surface area contributed by atoms with Gasteiger partial charge >= 0.3 is 5.97 Å². The molecule has 0 aromatic heterocycles. The molecule has 1 aromatic carbocycles. The Hall–Kier alpha value is -1.88. The average Bonchev–Trinajstić information content (AvgIpc) is 2.54. The van der Waals surface area contributed by atoms with E-state index in [4.69, 9.17) is 4.74 Å². The summed E-state index contributed by atoms with van der Waals surface area (Å²) in [6.07, 6.45) is 1.22. The van der Waals surface area contributed by atoms with Crippen LogP contribution in [0.5, 0.6) is 0 Å². The fraction of sp³-hybridized carbons (Fsp3) is 0.529. The number of aliphatic carboxylic acids is 1. The van der Waals surface area contributed by atoms with Crippen LogP contribution in [-0.4, -0.2) is 36.2 Å². The van der Waals surface area contributed by atoms with Crippen LogP contribution >= 0.6 is 0 Å². The van der Waals surface area contributed by atoms with Crippen molar-refractivity contribution in [2.45, 2.75) is 45.1 Å². The van der Waals surface area contributed by atoms with E-state index in [1.54, 1.807) is 24.3 Å². The molecule has 0 fully saturated rings. The lowest BCUT2D eigenvalue weighted by atomic mass is 9.78. The molecular weight excluding hydrogens is 282 g/mol. The van der Waals surface area contributed by atoms with E-state index in [0.717, 1.165) is 6.42 Å². The summed E-state index contributed by atoms with van der Waals surface area (Å²) < 4.78 is 5.36. The highest BCUT2D eigenvalue weighted by Gasteiger charge is 2.38. The lowest BCUT2D eigenvalue weighted by Crippen LogP contribution is -2.47. The summed E-state index contributed by atoms with van der Waals surface area (Å²) in [5.74, 6) is -1.24. The molecule has 2 unspecified atom stereocenters. The number of benzene rings is 1. The molecule has 1 aromatic rings. The molecule has 122 valence electrons. The maximum Gasteiger partial charge on any atom is 0.315 e. The molecule has 0 bridgehead atoms. The number of carbonyl (C=O) groups excluding carboxylic acids is 1. The maximum atomic E-state index is 11.9. The molecule has 2 atom stereocenters. The minimum atomic E-state index is -1.12. The van der Waals surface area contributed by atoms with Gasteiger partial charge in [-0.3, -0.25) is 9.59 Å². The largest absolute Gasteiger partial charge is 0.481 e. The molecule has 1 rings (SSSR count). The van der Waals surface area contributed by atoms with Crippen LogP contribution in [0, 0.1) is 0 Å². The fourth-order valence-electron chi connectivity index (χ4n) is 2.17. The number of carboxylic acid groups (broad SMARTS) is 1. The SMILES string of the molecule is CCC(C)OCC(=O)NCC(CC)(C(=O)O)c1ccccc1. The number of amides is 1. The fourth-order valence-corrected chi connectivity index (χ4v) is 2.17. The maximum absolute atomic E-state index is 11.9. The van der Waals surface area contributed by atoms with Crippen molar-refractivity contribution in [3.05, 3.63) is 35.9 Å². The lowest BCUT2D eigenvalue weighted by Gasteiger charge is -2.29. The van der Waals surface area contributed by atoms with Gasteiger partial charge in [-0.2, -0.15) is 0 Å². The number of carboxylic acids is 1. The van der Waals surface area contributed by atoms with Crippen LogP contribution in [0.15, 0.2) is 30.3 Å². The Bertz CT molecular complexity index is 489. The van der Waals surface area contributed by atoms with Gasteiger partial charge in [-0.05, 0) is 25.3 Å². The van der Waals surface area contributed by atoms with E-state index >= 15 is 0 Å². The van der Waals surface area contributed by atoms with Crippen molar-refractivity contribution < 1.29 is 19.4 Å². The standard InChI is InChI=1S/C17H25NO4/c1-4-13(3)22-11-15(19)18-12-17(5-2,16(20)21)14-9-7-6-8-10-14/h6-10,13H,4-5,11-12H2,1-3H3,(H,18,19)(H,20,21). The van der Waals surface area contributed by atoms with Crippen LogP contribution in [0.25, 0.3) is 0 Å². The minimum Gasteiger partial charge on any atom is -0.481 e. The summed E-state index contributed by atoms with van der Waals surface area (Å²) in [5, 5.41) is 12.4. The topological polar surface area (TPSA) is 75.6 Å². The van der Waals surface area contributed by atoms with Gasteiger partial charge in [-0.25, -0.2) is 0 Å². The van der Waals surface area contributed by atoms with Crippen molar-refractivity contribution in [1.29, 1.82) is 0 Å². The number of ether oxygens (including phenoxy) is 1. The van der Waals surface area contributed by atoms with Gasteiger partial charge < -0.3 is 15.2 Å². The molecule has 0 aliphatic heterocycles. The second-order valence-corrected chi connectivity index (χ2v) is 5.41. The first-order valence-electron chi connectivity index (χ1n) is 7.63. The van der Waals surface area contributed by atoms with E-state index < -0.39 is 11.4 Å². The Labute approximate surface area is 131 Å². The average molecular weight is 307 g/mol. The molecule has 0 saturated carbocycles. The predicted molar refractivity (Wildman–Crippen MR) is 84.8 cm³/mol. The van der Waals surface area contributed by atoms with E-state index in [1.165, 1.54) is 0 Å². The van der Waals surface area contributed by atoms with Crippen molar-refractivity contribution >= 4 is 11.9 Å². The van der Waals surface area contributed by atoms with Crippen molar-refractivity contribution in [3.8, 4) is 0 Å². The van der Waals surface area contributed by atoms with Gasteiger partial charge in [0.15, 0.2) is 0 Å². The Balaban J connectivity index is 2.75. The van der Waals surface area contributed by atoms with Crippen LogP contribution in [0.2, 0.25) is 0 Å². The third-order valence-corrected chi connectivity index (χ3v) is 4.00. The molecule has 5 heteroatoms. The first kappa shape index (κ1) is 18.2. The molecular formula is C17H25NO4. The Morgan fingerprint density at radius 2 is 1.91 bits per heavy atom. The van der Waals surface area contributed by atoms with E-state index in [2.05, 4.69) is 5.32 Å². The van der Waals surface area contributed by atoms with E-state index in [9.17, 15) is 14.7 Å². The predicted octanol–water partition coefficient (Wildman–Crippen LogP) is 2.35. The van der Waals surface area contributed by atoms with Gasteiger partial charge in [-0.1, -0.05) is 44.2 Å². The molecule has 1 amide bonds. The van der Waals surface area contributed by atoms with Crippen molar-refractivity contribution in [2.24, 2.45) is 0 Å². The summed E-state index contributed by atoms with van der Waals surface area (Å²) >= 11 is 0. The molecule has 0 saturated heterocycles. The molecule has 0 heterocycles. The van der Waals surface area contributed by atoms with Gasteiger partial charge in [0, 0.05) is 6.54 Å². The quantitative estimate of drug-likeness (QED) is 0.734. The number of nitrogens with one attached hydrogen (secondary N) is 1. The van der Waals surface area contributed by atoms with Gasteiger partial charge in [-0.15, -0.1) is 0 Å². The number of rotatable bonds is 9. The Kier molecular flexibility index (Phi) is 7.05. The second kappa shape index (κ2) is 8.54. The third-order valence-electron chi connectivity index (χ3n) is 4.00. The first-order valence-corrected chi connectivity index (χ1v) is 7.63. The summed E-state index contributed by atoms with van der Waals surface area (Å²) in [5.41, 5.74) is -0.430. The molecule has 2 N–H and O–H groups in total. The van der Waals surface area contributed by atoms with Gasteiger partial charge in [0.05, 0.1) is 6.10 Å². The highest BCUT2D eigenvalue weighted by molar-refractivity contribution is 5.84.